The van der Waals surface area contributed by atoms with Crippen LogP contribution in [0.3, 0.4) is 0 Å². The third-order valence-corrected chi connectivity index (χ3v) is 2.60. The molecule has 1 aromatic carbocycles. The minimum atomic E-state index is -0.435. The number of carbonyl (C=O) groups excluding carboxylic acids is 1. The normalized spacial score (nSPS) is 9.94. The monoisotopic (exact) mass is 251 g/mol. The van der Waals surface area contributed by atoms with Crippen LogP contribution in [0, 0.1) is 10.1 Å². The van der Waals surface area contributed by atoms with E-state index in [0.717, 1.165) is 6.42 Å². The van der Waals surface area contributed by atoms with Crippen LogP contribution in [-0.2, 0) is 4.79 Å². The number of nitrogens with one attached hydrogen (secondary N) is 1. The number of nitrogens with zero attached hydrogens (tertiary/aromatic N) is 2. The van der Waals surface area contributed by atoms with Gasteiger partial charge in [-0.1, -0.05) is 6.92 Å². The Bertz CT molecular complexity index is 460. The number of hydrogen-bond acceptors (Lipinski definition) is 4. The Morgan fingerprint density at radius 2 is 2.17 bits per heavy atom. The zero-order valence-corrected chi connectivity index (χ0v) is 10.8. The molecule has 0 aliphatic rings. The quantitative estimate of drug-likeness (QED) is 0.644. The first-order valence-corrected chi connectivity index (χ1v) is 5.74. The van der Waals surface area contributed by atoms with Crippen molar-refractivity contribution in [3.8, 4) is 0 Å². The van der Waals surface area contributed by atoms with Crippen molar-refractivity contribution in [1.82, 2.24) is 0 Å². The van der Waals surface area contributed by atoms with Gasteiger partial charge in [-0.2, -0.15) is 0 Å². The van der Waals surface area contributed by atoms with Crippen molar-refractivity contribution in [3.63, 3.8) is 0 Å². The lowest BCUT2D eigenvalue weighted by Gasteiger charge is -2.16. The van der Waals surface area contributed by atoms with Crippen LogP contribution in [0.15, 0.2) is 18.2 Å². The fourth-order valence-corrected chi connectivity index (χ4v) is 1.47. The van der Waals surface area contributed by atoms with Crippen LogP contribution < -0.4 is 10.2 Å². The van der Waals surface area contributed by atoms with E-state index < -0.39 is 4.92 Å². The Morgan fingerprint density at radius 3 is 2.67 bits per heavy atom. The number of nitro groups is 1. The van der Waals surface area contributed by atoms with Crippen molar-refractivity contribution in [2.24, 2.45) is 0 Å². The van der Waals surface area contributed by atoms with Crippen LogP contribution in [0.2, 0.25) is 0 Å². The lowest BCUT2D eigenvalue weighted by molar-refractivity contribution is -0.383. The summed E-state index contributed by atoms with van der Waals surface area (Å²) in [6, 6.07) is 4.60. The fourth-order valence-electron chi connectivity index (χ4n) is 1.47. The van der Waals surface area contributed by atoms with Crippen molar-refractivity contribution in [1.29, 1.82) is 0 Å². The van der Waals surface area contributed by atoms with Gasteiger partial charge in [0.15, 0.2) is 0 Å². The Balaban J connectivity index is 3.12. The van der Waals surface area contributed by atoms with Crippen LogP contribution in [0.1, 0.15) is 20.3 Å². The lowest BCUT2D eigenvalue weighted by Crippen LogP contribution is -2.22. The van der Waals surface area contributed by atoms with Crippen molar-refractivity contribution in [3.05, 3.63) is 28.3 Å². The maximum Gasteiger partial charge on any atom is 0.292 e. The molecule has 0 bridgehead atoms. The van der Waals surface area contributed by atoms with Crippen LogP contribution in [0.5, 0.6) is 0 Å². The van der Waals surface area contributed by atoms with E-state index in [-0.39, 0.29) is 11.6 Å². The Labute approximate surface area is 106 Å². The molecule has 0 aromatic heterocycles. The average Bonchev–Trinajstić information content (AvgIpc) is 2.34. The maximum atomic E-state index is 11.3. The molecule has 0 saturated carbocycles. The molecule has 1 rings (SSSR count). The van der Waals surface area contributed by atoms with Crippen molar-refractivity contribution < 1.29 is 9.72 Å². The maximum absolute atomic E-state index is 11.3. The van der Waals surface area contributed by atoms with E-state index in [1.807, 2.05) is 6.92 Å². The van der Waals surface area contributed by atoms with Crippen molar-refractivity contribution >= 4 is 23.0 Å². The summed E-state index contributed by atoms with van der Waals surface area (Å²) in [6.45, 7) is 4.07. The smallest absolute Gasteiger partial charge is 0.292 e. The van der Waals surface area contributed by atoms with Gasteiger partial charge in [0.25, 0.3) is 5.69 Å². The van der Waals surface area contributed by atoms with Crippen LogP contribution in [0.25, 0.3) is 0 Å². The van der Waals surface area contributed by atoms with Gasteiger partial charge in [0, 0.05) is 32.3 Å². The van der Waals surface area contributed by atoms with Crippen molar-refractivity contribution in [2.75, 3.05) is 23.8 Å². The molecule has 0 radical (unpaired) electrons. The second-order valence-corrected chi connectivity index (χ2v) is 3.96. The number of carbonyl (C=O) groups is 1. The van der Waals surface area contributed by atoms with Gasteiger partial charge in [0.05, 0.1) is 4.92 Å². The first-order chi connectivity index (χ1) is 8.47. The summed E-state index contributed by atoms with van der Waals surface area (Å²) in [5.74, 6) is -0.120. The summed E-state index contributed by atoms with van der Waals surface area (Å²) in [7, 11) is 1.63. The highest BCUT2D eigenvalue weighted by atomic mass is 16.6. The lowest BCUT2D eigenvalue weighted by atomic mass is 10.2. The molecule has 98 valence electrons. The minimum absolute atomic E-state index is 0.0177. The second-order valence-electron chi connectivity index (χ2n) is 3.96. The van der Waals surface area contributed by atoms with E-state index in [1.165, 1.54) is 17.9 Å². The molecule has 6 heteroatoms. The summed E-state index contributed by atoms with van der Waals surface area (Å²) in [6.07, 6.45) is 0.865. The highest BCUT2D eigenvalue weighted by Gasteiger charge is 2.16. The zero-order chi connectivity index (χ0) is 13.7. The minimum Gasteiger partial charge on any atom is -0.379 e. The highest BCUT2D eigenvalue weighted by Crippen LogP contribution is 2.29. The van der Waals surface area contributed by atoms with Gasteiger partial charge in [-0.3, -0.25) is 14.9 Å². The first-order valence-electron chi connectivity index (χ1n) is 5.74. The van der Waals surface area contributed by atoms with E-state index in [0.29, 0.717) is 17.9 Å². The van der Waals surface area contributed by atoms with Gasteiger partial charge in [-0.15, -0.1) is 0 Å². The first kappa shape index (κ1) is 14.0. The number of anilines is 2. The summed E-state index contributed by atoms with van der Waals surface area (Å²) >= 11 is 0. The topological polar surface area (TPSA) is 75.5 Å². The van der Waals surface area contributed by atoms with E-state index >= 15 is 0 Å². The molecule has 1 amide bonds. The van der Waals surface area contributed by atoms with Crippen LogP contribution in [-0.4, -0.2) is 24.4 Å². The third-order valence-electron chi connectivity index (χ3n) is 2.60. The molecule has 0 saturated heterocycles. The van der Waals surface area contributed by atoms with E-state index in [2.05, 4.69) is 5.32 Å². The zero-order valence-electron chi connectivity index (χ0n) is 10.8. The van der Waals surface area contributed by atoms with Gasteiger partial charge in [-0.25, -0.2) is 0 Å². The number of benzene rings is 1. The van der Waals surface area contributed by atoms with Crippen LogP contribution >= 0.6 is 0 Å². The van der Waals surface area contributed by atoms with Gasteiger partial charge in [0.2, 0.25) is 5.91 Å². The van der Waals surface area contributed by atoms with Gasteiger partial charge < -0.3 is 10.2 Å². The second kappa shape index (κ2) is 6.00. The molecule has 0 aliphatic carbocycles. The molecule has 0 unspecified atom stereocenters. The summed E-state index contributed by atoms with van der Waals surface area (Å²) < 4.78 is 0. The molecule has 0 spiro atoms. The SMILES string of the molecule is CCCNc1cc(N(C)C(C)=O)ccc1[N+](=O)[O-]. The average molecular weight is 251 g/mol. The molecule has 0 aliphatic heterocycles. The third kappa shape index (κ3) is 3.19. The van der Waals surface area contributed by atoms with E-state index in [9.17, 15) is 14.9 Å². The van der Waals surface area contributed by atoms with E-state index in [1.54, 1.807) is 19.2 Å². The Kier molecular flexibility index (Phi) is 4.65. The molecular weight excluding hydrogens is 234 g/mol. The number of rotatable bonds is 5. The summed E-state index contributed by atoms with van der Waals surface area (Å²) in [5, 5.41) is 13.9. The molecule has 1 N–H and O–H groups in total. The van der Waals surface area contributed by atoms with Crippen LogP contribution in [0.4, 0.5) is 17.1 Å². The number of hydrogen-bond donors (Lipinski definition) is 1. The summed E-state index contributed by atoms with van der Waals surface area (Å²) in [4.78, 5) is 23.2. The van der Waals surface area contributed by atoms with Gasteiger partial charge in [-0.05, 0) is 18.6 Å². The summed E-state index contributed by atoms with van der Waals surface area (Å²) in [5.41, 5.74) is 1.09. The highest BCUT2D eigenvalue weighted by molar-refractivity contribution is 5.92. The Hall–Kier alpha value is -2.11. The van der Waals surface area contributed by atoms with Gasteiger partial charge >= 0.3 is 0 Å². The fraction of sp³-hybridized carbons (Fsp3) is 0.417. The van der Waals surface area contributed by atoms with E-state index in [4.69, 9.17) is 0 Å². The number of amides is 1. The Morgan fingerprint density at radius 1 is 1.50 bits per heavy atom. The predicted molar refractivity (Wildman–Crippen MR) is 71.0 cm³/mol. The molecule has 6 nitrogen and oxygen atoms in total. The largest absolute Gasteiger partial charge is 0.379 e. The predicted octanol–water partition coefficient (Wildman–Crippen LogP) is 2.40. The number of nitro benzene ring substituents is 1. The molecule has 18 heavy (non-hydrogen) atoms. The molecule has 0 atom stereocenters. The molecule has 1 aromatic rings. The standard InChI is InChI=1S/C12H17N3O3/c1-4-7-13-11-8-10(14(3)9(2)16)5-6-12(11)15(17)18/h5-6,8,13H,4,7H2,1-3H3. The molecule has 0 heterocycles. The molecular formula is C12H17N3O3. The molecule has 0 fully saturated rings. The van der Waals surface area contributed by atoms with Crippen molar-refractivity contribution in [2.45, 2.75) is 20.3 Å². The van der Waals surface area contributed by atoms with Gasteiger partial charge in [0.1, 0.15) is 5.69 Å².